The number of rotatable bonds is 8. The van der Waals surface area contributed by atoms with Crippen molar-refractivity contribution >= 4 is 5.91 Å². The molecule has 0 saturated carbocycles. The lowest BCUT2D eigenvalue weighted by Gasteiger charge is -2.17. The number of carbonyl (C=O) groups excluding carboxylic acids is 1. The molecular formula is C15H24N2O2. The van der Waals surface area contributed by atoms with E-state index in [1.165, 1.54) is 0 Å². The van der Waals surface area contributed by atoms with Crippen LogP contribution in [0.2, 0.25) is 0 Å². The van der Waals surface area contributed by atoms with E-state index in [9.17, 15) is 9.90 Å². The van der Waals surface area contributed by atoms with Crippen LogP contribution in [0.5, 0.6) is 5.75 Å². The van der Waals surface area contributed by atoms with Crippen molar-refractivity contribution in [3.05, 3.63) is 29.8 Å². The lowest BCUT2D eigenvalue weighted by Crippen LogP contribution is -2.30. The Kier molecular flexibility index (Phi) is 6.97. The molecule has 106 valence electrons. The summed E-state index contributed by atoms with van der Waals surface area (Å²) < 4.78 is 0. The quantitative estimate of drug-likeness (QED) is 0.704. The fraction of sp³-hybridized carbons (Fsp3) is 0.533. The summed E-state index contributed by atoms with van der Waals surface area (Å²) in [5.74, 6) is 0.141. The van der Waals surface area contributed by atoms with Gasteiger partial charge in [0, 0.05) is 12.1 Å². The summed E-state index contributed by atoms with van der Waals surface area (Å²) in [5, 5.41) is 12.5. The topological polar surface area (TPSA) is 52.6 Å². The Labute approximate surface area is 115 Å². The SMILES string of the molecule is CCN(CC)CCCNC(=O)Cc1ccccc1O. The third-order valence-electron chi connectivity index (χ3n) is 3.21. The highest BCUT2D eigenvalue weighted by Crippen LogP contribution is 2.15. The van der Waals surface area contributed by atoms with Crippen LogP contribution in [0.25, 0.3) is 0 Å². The summed E-state index contributed by atoms with van der Waals surface area (Å²) in [5.41, 5.74) is 0.670. The van der Waals surface area contributed by atoms with Crippen LogP contribution < -0.4 is 5.32 Å². The van der Waals surface area contributed by atoms with E-state index in [1.54, 1.807) is 18.2 Å². The van der Waals surface area contributed by atoms with E-state index in [-0.39, 0.29) is 18.1 Å². The van der Waals surface area contributed by atoms with E-state index in [2.05, 4.69) is 24.1 Å². The number of benzene rings is 1. The molecule has 2 N–H and O–H groups in total. The number of phenols is 1. The molecule has 0 saturated heterocycles. The molecule has 0 spiro atoms. The predicted octanol–water partition coefficient (Wildman–Crippen LogP) is 1.78. The molecule has 0 unspecified atom stereocenters. The first kappa shape index (κ1) is 15.5. The van der Waals surface area contributed by atoms with E-state index in [0.717, 1.165) is 26.1 Å². The summed E-state index contributed by atoms with van der Waals surface area (Å²) in [4.78, 5) is 14.0. The largest absolute Gasteiger partial charge is 0.508 e. The number of nitrogens with zero attached hydrogens (tertiary/aromatic N) is 1. The van der Waals surface area contributed by atoms with E-state index in [4.69, 9.17) is 0 Å². The third kappa shape index (κ3) is 5.75. The van der Waals surface area contributed by atoms with Gasteiger partial charge in [0.1, 0.15) is 5.75 Å². The lowest BCUT2D eigenvalue weighted by atomic mass is 10.1. The summed E-state index contributed by atoms with van der Waals surface area (Å²) in [6, 6.07) is 6.94. The second kappa shape index (κ2) is 8.53. The Morgan fingerprint density at radius 2 is 1.95 bits per heavy atom. The number of nitrogens with one attached hydrogen (secondary N) is 1. The molecule has 0 radical (unpaired) electrons. The van der Waals surface area contributed by atoms with Gasteiger partial charge in [-0.05, 0) is 32.1 Å². The molecule has 1 aromatic carbocycles. The minimum atomic E-state index is -0.0407. The molecule has 0 aromatic heterocycles. The third-order valence-corrected chi connectivity index (χ3v) is 3.21. The maximum atomic E-state index is 11.7. The van der Waals surface area contributed by atoms with E-state index >= 15 is 0 Å². The standard InChI is InChI=1S/C15H24N2O2/c1-3-17(4-2)11-7-10-16-15(19)12-13-8-5-6-9-14(13)18/h5-6,8-9,18H,3-4,7,10-12H2,1-2H3,(H,16,19). The summed E-state index contributed by atoms with van der Waals surface area (Å²) in [6.45, 7) is 8.05. The van der Waals surface area contributed by atoms with Crippen LogP contribution in [0.1, 0.15) is 25.8 Å². The van der Waals surface area contributed by atoms with Gasteiger partial charge in [0.25, 0.3) is 0 Å². The summed E-state index contributed by atoms with van der Waals surface area (Å²) in [7, 11) is 0. The second-order valence-corrected chi connectivity index (χ2v) is 4.54. The monoisotopic (exact) mass is 264 g/mol. The highest BCUT2D eigenvalue weighted by Gasteiger charge is 2.06. The predicted molar refractivity (Wildman–Crippen MR) is 77.2 cm³/mol. The molecule has 1 amide bonds. The molecule has 0 heterocycles. The fourth-order valence-corrected chi connectivity index (χ4v) is 1.97. The Balaban J connectivity index is 2.24. The van der Waals surface area contributed by atoms with Crippen LogP contribution in [0, 0.1) is 0 Å². The first-order valence-electron chi connectivity index (χ1n) is 6.93. The molecule has 0 aliphatic carbocycles. The smallest absolute Gasteiger partial charge is 0.224 e. The van der Waals surface area contributed by atoms with Crippen molar-refractivity contribution in [1.29, 1.82) is 0 Å². The zero-order valence-corrected chi connectivity index (χ0v) is 11.9. The van der Waals surface area contributed by atoms with Gasteiger partial charge in [0.15, 0.2) is 0 Å². The van der Waals surface area contributed by atoms with Gasteiger partial charge in [0.05, 0.1) is 6.42 Å². The zero-order valence-electron chi connectivity index (χ0n) is 11.9. The van der Waals surface area contributed by atoms with Gasteiger partial charge in [-0.15, -0.1) is 0 Å². The molecule has 0 aliphatic heterocycles. The van der Waals surface area contributed by atoms with Crippen molar-refractivity contribution in [1.82, 2.24) is 10.2 Å². The van der Waals surface area contributed by atoms with Gasteiger partial charge in [-0.2, -0.15) is 0 Å². The number of hydrogen-bond acceptors (Lipinski definition) is 3. The van der Waals surface area contributed by atoms with Crippen LogP contribution >= 0.6 is 0 Å². The number of phenolic OH excluding ortho intramolecular Hbond substituents is 1. The zero-order chi connectivity index (χ0) is 14.1. The Morgan fingerprint density at radius 1 is 1.26 bits per heavy atom. The molecule has 0 aliphatic rings. The molecule has 19 heavy (non-hydrogen) atoms. The Hall–Kier alpha value is -1.55. The first-order valence-corrected chi connectivity index (χ1v) is 6.93. The fourth-order valence-electron chi connectivity index (χ4n) is 1.97. The highest BCUT2D eigenvalue weighted by atomic mass is 16.3. The van der Waals surface area contributed by atoms with Crippen molar-refractivity contribution in [2.24, 2.45) is 0 Å². The Morgan fingerprint density at radius 3 is 2.58 bits per heavy atom. The second-order valence-electron chi connectivity index (χ2n) is 4.54. The summed E-state index contributed by atoms with van der Waals surface area (Å²) >= 11 is 0. The van der Waals surface area contributed by atoms with E-state index in [0.29, 0.717) is 12.1 Å². The van der Waals surface area contributed by atoms with Crippen molar-refractivity contribution in [3.63, 3.8) is 0 Å². The number of amides is 1. The number of aromatic hydroxyl groups is 1. The average Bonchev–Trinajstić information content (AvgIpc) is 2.42. The number of hydrogen-bond donors (Lipinski definition) is 2. The minimum Gasteiger partial charge on any atom is -0.508 e. The van der Waals surface area contributed by atoms with Crippen molar-refractivity contribution in [2.45, 2.75) is 26.7 Å². The first-order chi connectivity index (χ1) is 9.17. The molecular weight excluding hydrogens is 240 g/mol. The highest BCUT2D eigenvalue weighted by molar-refractivity contribution is 5.79. The Bertz CT molecular complexity index is 389. The van der Waals surface area contributed by atoms with Crippen LogP contribution in [0.3, 0.4) is 0 Å². The lowest BCUT2D eigenvalue weighted by molar-refractivity contribution is -0.120. The van der Waals surface area contributed by atoms with Crippen LogP contribution in [0.15, 0.2) is 24.3 Å². The maximum Gasteiger partial charge on any atom is 0.224 e. The molecule has 0 bridgehead atoms. The molecule has 4 nitrogen and oxygen atoms in total. The van der Waals surface area contributed by atoms with Crippen LogP contribution in [0.4, 0.5) is 0 Å². The van der Waals surface area contributed by atoms with Crippen molar-refractivity contribution in [2.75, 3.05) is 26.2 Å². The molecule has 1 aromatic rings. The normalized spacial score (nSPS) is 10.7. The molecule has 1 rings (SSSR count). The number of carbonyl (C=O) groups is 1. The van der Waals surface area contributed by atoms with Crippen LogP contribution in [-0.2, 0) is 11.2 Å². The minimum absolute atomic E-state index is 0.0407. The summed E-state index contributed by atoms with van der Waals surface area (Å²) in [6.07, 6.45) is 1.19. The maximum absolute atomic E-state index is 11.7. The van der Waals surface area contributed by atoms with Gasteiger partial charge >= 0.3 is 0 Å². The van der Waals surface area contributed by atoms with Crippen molar-refractivity contribution < 1.29 is 9.90 Å². The molecule has 0 atom stereocenters. The van der Waals surface area contributed by atoms with E-state index < -0.39 is 0 Å². The van der Waals surface area contributed by atoms with Gasteiger partial charge < -0.3 is 15.3 Å². The van der Waals surface area contributed by atoms with Gasteiger partial charge in [0.2, 0.25) is 5.91 Å². The van der Waals surface area contributed by atoms with E-state index in [1.807, 2.05) is 6.07 Å². The average molecular weight is 264 g/mol. The van der Waals surface area contributed by atoms with Gasteiger partial charge in [-0.1, -0.05) is 32.0 Å². The van der Waals surface area contributed by atoms with Crippen LogP contribution in [-0.4, -0.2) is 42.1 Å². The van der Waals surface area contributed by atoms with Gasteiger partial charge in [-0.3, -0.25) is 4.79 Å². The molecule has 4 heteroatoms. The number of para-hydroxylation sites is 1. The van der Waals surface area contributed by atoms with Crippen molar-refractivity contribution in [3.8, 4) is 5.75 Å². The van der Waals surface area contributed by atoms with Gasteiger partial charge in [-0.25, -0.2) is 0 Å². The molecule has 0 fully saturated rings.